The summed E-state index contributed by atoms with van der Waals surface area (Å²) in [6.07, 6.45) is 10.8. The summed E-state index contributed by atoms with van der Waals surface area (Å²) in [5.41, 5.74) is 13.1. The van der Waals surface area contributed by atoms with Gasteiger partial charge in [0.1, 0.15) is 11.5 Å². The third-order valence-electron chi connectivity index (χ3n) is 12.2. The Kier molecular flexibility index (Phi) is 17.1. The number of hydrogen-bond donors (Lipinski definition) is 4. The van der Waals surface area contributed by atoms with Gasteiger partial charge in [-0.3, -0.25) is 9.59 Å². The van der Waals surface area contributed by atoms with E-state index in [0.29, 0.717) is 72.4 Å². The zero-order chi connectivity index (χ0) is 49.1. The van der Waals surface area contributed by atoms with Crippen LogP contribution in [0.4, 0.5) is 17.3 Å². The van der Waals surface area contributed by atoms with Crippen LogP contribution in [0.3, 0.4) is 0 Å². The second-order valence-electron chi connectivity index (χ2n) is 16.0. The summed E-state index contributed by atoms with van der Waals surface area (Å²) in [4.78, 5) is 39.7. The number of aromatic amines is 4. The standard InChI is InChI=1S/C54H56B2F4N4O4/c1-9-35-31-61-51(39(35)11-3)45(65)29-47(67-55(57)58)53-43(15-7)41(13-5)49(63-53)37-25-21-33(22-26-37)19-17-18-20-34-23-27-38(28-24-34)50-42(14-6)44(16-8)54(64-50)48(68-56(59)60)30-46(66)52-40(12-4)36(10-2)32-62-52/h21-32,61-64H,9-16H2,1-8H3/b47-29-,48-30+. The van der Waals surface area contributed by atoms with E-state index in [1.807, 2.05) is 104 Å². The Morgan fingerprint density at radius 3 is 1.12 bits per heavy atom. The predicted octanol–water partition coefficient (Wildman–Crippen LogP) is 12.6. The van der Waals surface area contributed by atoms with Gasteiger partial charge in [0, 0.05) is 47.1 Å². The maximum Gasteiger partial charge on any atom is 0.796 e. The lowest BCUT2D eigenvalue weighted by atomic mass is 9.98. The summed E-state index contributed by atoms with van der Waals surface area (Å²) in [6.45, 7) is 15.8. The van der Waals surface area contributed by atoms with Crippen LogP contribution in [-0.4, -0.2) is 46.4 Å². The van der Waals surface area contributed by atoms with Gasteiger partial charge in [-0.15, -0.1) is 0 Å². The Morgan fingerprint density at radius 2 is 0.824 bits per heavy atom. The van der Waals surface area contributed by atoms with E-state index < -0.39 is 26.5 Å². The van der Waals surface area contributed by atoms with E-state index in [1.54, 1.807) is 12.4 Å². The molecule has 350 valence electrons. The van der Waals surface area contributed by atoms with Crippen LogP contribution in [0.1, 0.15) is 143 Å². The van der Waals surface area contributed by atoms with Gasteiger partial charge >= 0.3 is 14.9 Å². The highest BCUT2D eigenvalue weighted by atomic mass is 19.2. The van der Waals surface area contributed by atoms with Crippen LogP contribution >= 0.6 is 0 Å². The average Bonchev–Trinajstić information content (AvgIpc) is 4.14. The molecule has 0 aliphatic rings. The SMILES string of the molecule is CCc1c[nH]c(C(=O)/C=C(\OB(F)F)c2[nH]c(-c3ccc(C#CC#Cc4ccc(-c5[nH]c(/C(=C\C(=O)c6[nH]cc(CC)c6CC)OB(F)F)c(CC)c5CC)cc4)cc3)c(CC)c2CC)c1CC. The first kappa shape index (κ1) is 50.4. The average molecular weight is 923 g/mol. The van der Waals surface area contributed by atoms with Crippen molar-refractivity contribution in [1.29, 1.82) is 0 Å². The molecule has 0 saturated carbocycles. The van der Waals surface area contributed by atoms with Gasteiger partial charge in [-0.1, -0.05) is 91.5 Å². The van der Waals surface area contributed by atoms with E-state index in [4.69, 9.17) is 9.31 Å². The van der Waals surface area contributed by atoms with Gasteiger partial charge in [-0.05, 0) is 143 Å². The number of halogens is 4. The second kappa shape index (κ2) is 23.1. The Balaban J connectivity index is 1.23. The van der Waals surface area contributed by atoms with Gasteiger partial charge in [0.05, 0.1) is 22.8 Å². The second-order valence-corrected chi connectivity index (χ2v) is 16.0. The van der Waals surface area contributed by atoms with E-state index >= 15 is 0 Å². The number of carbonyl (C=O) groups excluding carboxylic acids is 2. The number of nitrogens with one attached hydrogen (secondary N) is 4. The molecule has 0 aliphatic heterocycles. The predicted molar refractivity (Wildman–Crippen MR) is 266 cm³/mol. The number of H-pyrrole nitrogens is 4. The van der Waals surface area contributed by atoms with Crippen LogP contribution in [0, 0.1) is 23.7 Å². The molecule has 0 radical (unpaired) electrons. The van der Waals surface area contributed by atoms with Crippen LogP contribution in [-0.2, 0) is 60.7 Å². The van der Waals surface area contributed by atoms with Crippen molar-refractivity contribution in [2.75, 3.05) is 0 Å². The summed E-state index contributed by atoms with van der Waals surface area (Å²) in [6, 6.07) is 15.0. The molecule has 2 aromatic carbocycles. The number of benzene rings is 2. The van der Waals surface area contributed by atoms with Crippen LogP contribution in [0.2, 0.25) is 0 Å². The normalized spacial score (nSPS) is 11.5. The first-order chi connectivity index (χ1) is 32.8. The molecular formula is C54H56B2F4N4O4. The molecule has 0 aliphatic carbocycles. The molecule has 4 aromatic heterocycles. The van der Waals surface area contributed by atoms with E-state index in [2.05, 4.69) is 43.6 Å². The zero-order valence-corrected chi connectivity index (χ0v) is 39.9. The third-order valence-corrected chi connectivity index (χ3v) is 12.2. The third kappa shape index (κ3) is 11.0. The minimum atomic E-state index is -3.14. The molecule has 4 heterocycles. The van der Waals surface area contributed by atoms with Crippen LogP contribution in [0.15, 0.2) is 73.1 Å². The maximum absolute atomic E-state index is 13.9. The zero-order valence-electron chi connectivity index (χ0n) is 39.9. The fourth-order valence-electron chi connectivity index (χ4n) is 9.05. The van der Waals surface area contributed by atoms with E-state index in [9.17, 15) is 26.9 Å². The molecule has 6 aromatic rings. The Labute approximate surface area is 397 Å². The molecule has 0 amide bonds. The number of ketones is 2. The van der Waals surface area contributed by atoms with Gasteiger partial charge in [0.15, 0.2) is 0 Å². The summed E-state index contributed by atoms with van der Waals surface area (Å²) in [7, 11) is -6.28. The van der Waals surface area contributed by atoms with Crippen molar-refractivity contribution in [2.45, 2.75) is 107 Å². The lowest BCUT2D eigenvalue weighted by molar-refractivity contribution is 0.103. The fourth-order valence-corrected chi connectivity index (χ4v) is 9.05. The van der Waals surface area contributed by atoms with Gasteiger partial charge in [0.25, 0.3) is 0 Å². The van der Waals surface area contributed by atoms with E-state index in [1.165, 1.54) is 0 Å². The van der Waals surface area contributed by atoms with Crippen molar-refractivity contribution in [3.05, 3.63) is 151 Å². The highest BCUT2D eigenvalue weighted by Gasteiger charge is 2.29. The molecule has 8 nitrogen and oxygen atoms in total. The number of aromatic nitrogens is 4. The van der Waals surface area contributed by atoms with Gasteiger partial charge in [-0.2, -0.15) is 0 Å². The topological polar surface area (TPSA) is 116 Å². The molecule has 0 unspecified atom stereocenters. The van der Waals surface area contributed by atoms with Crippen molar-refractivity contribution < 1.29 is 36.2 Å². The first-order valence-corrected chi connectivity index (χ1v) is 23.3. The molecular weight excluding hydrogens is 866 g/mol. The van der Waals surface area contributed by atoms with Crippen molar-refractivity contribution in [1.82, 2.24) is 19.9 Å². The lowest BCUT2D eigenvalue weighted by Gasteiger charge is -2.10. The fraction of sp³-hybridized carbons (Fsp3) is 0.296. The number of hydrogen-bond acceptors (Lipinski definition) is 4. The summed E-state index contributed by atoms with van der Waals surface area (Å²) in [5.74, 6) is 10.7. The monoisotopic (exact) mass is 922 g/mol. The van der Waals surface area contributed by atoms with Crippen molar-refractivity contribution in [3.8, 4) is 46.2 Å². The van der Waals surface area contributed by atoms with Crippen molar-refractivity contribution in [2.24, 2.45) is 0 Å². The van der Waals surface area contributed by atoms with Crippen LogP contribution < -0.4 is 0 Å². The maximum atomic E-state index is 13.9. The summed E-state index contributed by atoms with van der Waals surface area (Å²) in [5, 5.41) is 0. The molecule has 4 N–H and O–H groups in total. The van der Waals surface area contributed by atoms with E-state index in [-0.39, 0.29) is 11.5 Å². The van der Waals surface area contributed by atoms with Crippen LogP contribution in [0.5, 0.6) is 0 Å². The quantitative estimate of drug-likeness (QED) is 0.0152. The molecule has 0 bridgehead atoms. The van der Waals surface area contributed by atoms with E-state index in [0.717, 1.165) is 92.0 Å². The molecule has 6 rings (SSSR count). The molecule has 0 atom stereocenters. The van der Waals surface area contributed by atoms with Crippen molar-refractivity contribution in [3.63, 3.8) is 0 Å². The smallest absolute Gasteiger partial charge is 0.503 e. The van der Waals surface area contributed by atoms with Crippen LogP contribution in [0.25, 0.3) is 34.0 Å². The Morgan fingerprint density at radius 1 is 0.485 bits per heavy atom. The number of aryl methyl sites for hydroxylation is 2. The largest absolute Gasteiger partial charge is 0.796 e. The molecule has 0 fully saturated rings. The minimum Gasteiger partial charge on any atom is -0.503 e. The summed E-state index contributed by atoms with van der Waals surface area (Å²) < 4.78 is 65.5. The number of allylic oxidation sites excluding steroid dienone is 2. The highest BCUT2D eigenvalue weighted by Crippen LogP contribution is 2.36. The number of rotatable bonds is 20. The van der Waals surface area contributed by atoms with Gasteiger partial charge < -0.3 is 29.2 Å². The summed E-state index contributed by atoms with van der Waals surface area (Å²) >= 11 is 0. The Hall–Kier alpha value is -7.05. The highest BCUT2D eigenvalue weighted by molar-refractivity contribution is 6.36. The van der Waals surface area contributed by atoms with Gasteiger partial charge in [-0.25, -0.2) is 17.3 Å². The van der Waals surface area contributed by atoms with Crippen molar-refractivity contribution >= 4 is 38.0 Å². The number of carbonyl (C=O) groups is 2. The molecule has 0 saturated heterocycles. The molecule has 0 spiro atoms. The first-order valence-electron chi connectivity index (χ1n) is 23.3. The van der Waals surface area contributed by atoms with Gasteiger partial charge in [0.2, 0.25) is 11.6 Å². The Bertz CT molecular complexity index is 2750. The molecule has 14 heteroatoms. The lowest BCUT2D eigenvalue weighted by Crippen LogP contribution is -2.09. The minimum absolute atomic E-state index is 0.221. The molecule has 68 heavy (non-hydrogen) atoms.